The van der Waals surface area contributed by atoms with E-state index in [2.05, 4.69) is 15.0 Å². The molecule has 0 radical (unpaired) electrons. The quantitative estimate of drug-likeness (QED) is 0.565. The van der Waals surface area contributed by atoms with Crippen molar-refractivity contribution >= 4 is 21.6 Å². The average molecular weight is 452 g/mol. The van der Waals surface area contributed by atoms with Crippen molar-refractivity contribution in [1.82, 2.24) is 19.8 Å². The normalized spacial score (nSPS) is 20.4. The highest BCUT2D eigenvalue weighted by Gasteiger charge is 2.34. The summed E-state index contributed by atoms with van der Waals surface area (Å²) in [5.74, 6) is -0.238. The first-order chi connectivity index (χ1) is 14.7. The van der Waals surface area contributed by atoms with Gasteiger partial charge in [-0.05, 0) is 26.1 Å². The molecule has 1 aromatic carbocycles. The average Bonchev–Trinajstić information content (AvgIpc) is 3.18. The van der Waals surface area contributed by atoms with Crippen LogP contribution in [0.3, 0.4) is 0 Å². The summed E-state index contributed by atoms with van der Waals surface area (Å²) >= 11 is 0. The number of sulfonamides is 1. The summed E-state index contributed by atoms with van der Waals surface area (Å²) in [5, 5.41) is 12.6. The number of ether oxygens (including phenoxy) is 1. The summed E-state index contributed by atoms with van der Waals surface area (Å²) in [4.78, 5) is 18.8. The Hall–Kier alpha value is -2.63. The molecule has 0 saturated heterocycles. The maximum absolute atomic E-state index is 13.3. The number of fused-ring (bicyclic) bond motifs is 1. The summed E-state index contributed by atoms with van der Waals surface area (Å²) in [5.41, 5.74) is 0.387. The molecular formula is C20H29N5O5S. The largest absolute Gasteiger partial charge is 0.486 e. The van der Waals surface area contributed by atoms with E-state index in [0.717, 1.165) is 0 Å². The zero-order chi connectivity index (χ0) is 22.8. The molecule has 0 fully saturated rings. The molecule has 0 bridgehead atoms. The number of benzene rings is 1. The van der Waals surface area contributed by atoms with E-state index in [-0.39, 0.29) is 46.6 Å². The Balaban J connectivity index is 2.08. The third kappa shape index (κ3) is 4.83. The fourth-order valence-electron chi connectivity index (χ4n) is 3.49. The Morgan fingerprint density at radius 1 is 1.39 bits per heavy atom. The first-order valence-electron chi connectivity index (χ1n) is 10.0. The van der Waals surface area contributed by atoms with Crippen molar-refractivity contribution in [3.05, 3.63) is 36.3 Å². The number of para-hydroxylation sites is 1. The fraction of sp³-hybridized carbons (Fsp3) is 0.500. The topological polar surface area (TPSA) is 126 Å². The summed E-state index contributed by atoms with van der Waals surface area (Å²) in [7, 11) is -0.515. The molecule has 1 aliphatic rings. The molecule has 170 valence electrons. The highest BCUT2D eigenvalue weighted by molar-refractivity contribution is 7.92. The van der Waals surface area contributed by atoms with E-state index in [4.69, 9.17) is 4.74 Å². The van der Waals surface area contributed by atoms with Gasteiger partial charge < -0.3 is 24.6 Å². The number of rotatable bonds is 7. The van der Waals surface area contributed by atoms with E-state index in [1.165, 1.54) is 17.1 Å². The van der Waals surface area contributed by atoms with Gasteiger partial charge in [0.1, 0.15) is 6.10 Å². The van der Waals surface area contributed by atoms with Crippen LogP contribution in [0.2, 0.25) is 0 Å². The second kappa shape index (κ2) is 9.25. The second-order valence-electron chi connectivity index (χ2n) is 7.85. The van der Waals surface area contributed by atoms with Gasteiger partial charge >= 0.3 is 0 Å². The fourth-order valence-corrected chi connectivity index (χ4v) is 4.54. The third-order valence-corrected chi connectivity index (χ3v) is 6.55. The molecule has 0 aliphatic carbocycles. The number of likely N-dealkylation sites (N-methyl/N-ethyl adjacent to an activating group) is 1. The molecule has 0 saturated carbocycles. The van der Waals surface area contributed by atoms with Gasteiger partial charge in [0.2, 0.25) is 0 Å². The van der Waals surface area contributed by atoms with Crippen LogP contribution in [0.15, 0.2) is 35.7 Å². The van der Waals surface area contributed by atoms with Crippen molar-refractivity contribution in [2.24, 2.45) is 13.0 Å². The van der Waals surface area contributed by atoms with Crippen LogP contribution >= 0.6 is 0 Å². The highest BCUT2D eigenvalue weighted by atomic mass is 32.2. The number of nitrogens with one attached hydrogen (secondary N) is 2. The van der Waals surface area contributed by atoms with E-state index >= 15 is 0 Å². The van der Waals surface area contributed by atoms with Gasteiger partial charge in [-0.1, -0.05) is 13.0 Å². The number of hydrogen-bond donors (Lipinski definition) is 3. The number of nitrogens with zero attached hydrogens (tertiary/aromatic N) is 3. The van der Waals surface area contributed by atoms with Gasteiger partial charge in [-0.15, -0.1) is 0 Å². The second-order valence-corrected chi connectivity index (χ2v) is 9.47. The van der Waals surface area contributed by atoms with E-state index in [1.54, 1.807) is 44.1 Å². The number of aliphatic hydroxyl groups is 1. The minimum absolute atomic E-state index is 0.0704. The van der Waals surface area contributed by atoms with Crippen molar-refractivity contribution < 1.29 is 23.1 Å². The number of hydrogen-bond acceptors (Lipinski definition) is 7. The molecule has 31 heavy (non-hydrogen) atoms. The first kappa shape index (κ1) is 23.0. The van der Waals surface area contributed by atoms with Crippen molar-refractivity contribution in [1.29, 1.82) is 0 Å². The number of imidazole rings is 1. The van der Waals surface area contributed by atoms with Gasteiger partial charge in [-0.2, -0.15) is 8.42 Å². The minimum atomic E-state index is -3.98. The Bertz CT molecular complexity index is 1040. The summed E-state index contributed by atoms with van der Waals surface area (Å²) in [6.45, 7) is 4.44. The number of carbonyl (C=O) groups is 1. The van der Waals surface area contributed by atoms with Gasteiger partial charge in [0.05, 0.1) is 30.2 Å². The van der Waals surface area contributed by atoms with Crippen LogP contribution in [0.5, 0.6) is 5.75 Å². The van der Waals surface area contributed by atoms with Crippen LogP contribution in [0.1, 0.15) is 24.2 Å². The summed E-state index contributed by atoms with van der Waals surface area (Å²) in [6.07, 6.45) is 2.45. The molecule has 3 N–H and O–H groups in total. The van der Waals surface area contributed by atoms with Crippen molar-refractivity contribution in [3.63, 3.8) is 0 Å². The number of aliphatic hydroxyl groups excluding tert-OH is 1. The van der Waals surface area contributed by atoms with Gasteiger partial charge in [0, 0.05) is 32.3 Å². The molecular weight excluding hydrogens is 422 g/mol. The standard InChI is InChI=1S/C20H29N5O5S/c1-13-9-25(14(2)11-26)20(27)15-6-5-7-16(19(15)30-17(13)8-21-3)23-31(28,29)18-10-24(4)12-22-18/h5-7,10,12-14,17,21,23,26H,8-9,11H2,1-4H3/t13-,14+,17+/m1/s1. The van der Waals surface area contributed by atoms with Crippen LogP contribution in [0.25, 0.3) is 0 Å². The number of amides is 1. The van der Waals surface area contributed by atoms with Gasteiger partial charge in [-0.25, -0.2) is 4.98 Å². The molecule has 3 rings (SSSR count). The molecule has 11 heteroatoms. The molecule has 10 nitrogen and oxygen atoms in total. The zero-order valence-electron chi connectivity index (χ0n) is 18.1. The van der Waals surface area contributed by atoms with Crippen LogP contribution < -0.4 is 14.8 Å². The van der Waals surface area contributed by atoms with E-state index in [1.807, 2.05) is 6.92 Å². The number of carbonyl (C=O) groups excluding carboxylic acids is 1. The Morgan fingerprint density at radius 3 is 2.74 bits per heavy atom. The van der Waals surface area contributed by atoms with Gasteiger partial charge in [0.25, 0.3) is 15.9 Å². The summed E-state index contributed by atoms with van der Waals surface area (Å²) in [6, 6.07) is 4.34. The van der Waals surface area contributed by atoms with Crippen LogP contribution in [-0.2, 0) is 17.1 Å². The van der Waals surface area contributed by atoms with Crippen LogP contribution in [0, 0.1) is 5.92 Å². The Morgan fingerprint density at radius 2 is 2.13 bits per heavy atom. The minimum Gasteiger partial charge on any atom is -0.486 e. The third-order valence-electron chi connectivity index (χ3n) is 5.30. The Kier molecular flexibility index (Phi) is 6.87. The molecule has 0 spiro atoms. The Labute approximate surface area is 182 Å². The van der Waals surface area contributed by atoms with E-state index in [9.17, 15) is 18.3 Å². The first-order valence-corrected chi connectivity index (χ1v) is 11.5. The van der Waals surface area contributed by atoms with Crippen molar-refractivity contribution in [3.8, 4) is 5.75 Å². The zero-order valence-corrected chi connectivity index (χ0v) is 18.9. The van der Waals surface area contributed by atoms with Gasteiger partial charge in [0.15, 0.2) is 10.8 Å². The lowest BCUT2D eigenvalue weighted by Crippen LogP contribution is -2.49. The van der Waals surface area contributed by atoms with E-state index in [0.29, 0.717) is 13.1 Å². The van der Waals surface area contributed by atoms with E-state index < -0.39 is 16.1 Å². The highest BCUT2D eigenvalue weighted by Crippen LogP contribution is 2.35. The molecule has 1 aromatic heterocycles. The summed E-state index contributed by atoms with van der Waals surface area (Å²) < 4.78 is 35.9. The molecule has 1 amide bonds. The lowest BCUT2D eigenvalue weighted by Gasteiger charge is -2.37. The van der Waals surface area contributed by atoms with Crippen LogP contribution in [-0.4, -0.2) is 72.8 Å². The molecule has 2 heterocycles. The lowest BCUT2D eigenvalue weighted by molar-refractivity contribution is 0.0417. The smallest absolute Gasteiger partial charge is 0.281 e. The number of anilines is 1. The molecule has 1 aliphatic heterocycles. The van der Waals surface area contributed by atoms with Crippen molar-refractivity contribution in [2.75, 3.05) is 31.5 Å². The van der Waals surface area contributed by atoms with Crippen molar-refractivity contribution in [2.45, 2.75) is 31.0 Å². The SMILES string of the molecule is CNC[C@@H]1Oc2c(NS(=O)(=O)c3cn(C)cn3)cccc2C(=O)N([C@@H](C)CO)C[C@H]1C. The number of aromatic nitrogens is 2. The lowest BCUT2D eigenvalue weighted by atomic mass is 9.99. The maximum Gasteiger partial charge on any atom is 0.281 e. The maximum atomic E-state index is 13.3. The molecule has 2 aromatic rings. The monoisotopic (exact) mass is 451 g/mol. The predicted molar refractivity (Wildman–Crippen MR) is 116 cm³/mol. The number of aryl methyl sites for hydroxylation is 1. The van der Waals surface area contributed by atoms with Crippen LogP contribution in [0.4, 0.5) is 5.69 Å². The molecule has 3 atom stereocenters. The van der Waals surface area contributed by atoms with Gasteiger partial charge in [-0.3, -0.25) is 9.52 Å². The molecule has 0 unspecified atom stereocenters. The predicted octanol–water partition coefficient (Wildman–Crippen LogP) is 0.660.